The first-order valence-electron chi connectivity index (χ1n) is 10.8. The molecule has 2 N–H and O–H groups in total. The van der Waals surface area contributed by atoms with Crippen molar-refractivity contribution in [3.8, 4) is 0 Å². The molecule has 4 aromatic rings. The molecule has 1 saturated heterocycles. The molecule has 0 unspecified atom stereocenters. The Morgan fingerprint density at radius 2 is 1.87 bits per heavy atom. The van der Waals surface area contributed by atoms with Crippen LogP contribution in [0.3, 0.4) is 0 Å². The fraction of sp³-hybridized carbons (Fsp3) is 0.269. The predicted octanol–water partition coefficient (Wildman–Crippen LogP) is 5.00. The Morgan fingerprint density at radius 3 is 2.73 bits per heavy atom. The lowest BCUT2D eigenvalue weighted by Gasteiger charge is -2.34. The lowest BCUT2D eigenvalue weighted by molar-refractivity contribution is 0.304. The number of piperidine rings is 1. The SMILES string of the molecule is c1ccc([C@@H]2NCCC[C@@H]2NCc2cc(Cc3ccncc3)cc3ccoc23)cc1. The maximum absolute atomic E-state index is 5.84. The van der Waals surface area contributed by atoms with E-state index in [1.54, 1.807) is 6.26 Å². The van der Waals surface area contributed by atoms with Gasteiger partial charge in [0, 0.05) is 42.0 Å². The summed E-state index contributed by atoms with van der Waals surface area (Å²) in [7, 11) is 0. The number of hydrogen-bond donors (Lipinski definition) is 2. The third-order valence-corrected chi connectivity index (χ3v) is 6.02. The van der Waals surface area contributed by atoms with Crippen LogP contribution in [0.5, 0.6) is 0 Å². The van der Waals surface area contributed by atoms with Crippen LogP contribution in [0.15, 0.2) is 83.7 Å². The Hall–Kier alpha value is -2.95. The second kappa shape index (κ2) is 8.82. The zero-order valence-electron chi connectivity index (χ0n) is 17.1. The third-order valence-electron chi connectivity index (χ3n) is 6.02. The van der Waals surface area contributed by atoms with E-state index in [9.17, 15) is 0 Å². The number of nitrogens with zero attached hydrogens (tertiary/aromatic N) is 1. The van der Waals surface area contributed by atoms with Crippen LogP contribution in [-0.4, -0.2) is 17.6 Å². The predicted molar refractivity (Wildman–Crippen MR) is 120 cm³/mol. The average molecular weight is 398 g/mol. The van der Waals surface area contributed by atoms with E-state index in [-0.39, 0.29) is 0 Å². The summed E-state index contributed by atoms with van der Waals surface area (Å²) in [5.74, 6) is 0. The number of rotatable bonds is 6. The van der Waals surface area contributed by atoms with Gasteiger partial charge in [-0.25, -0.2) is 0 Å². The summed E-state index contributed by atoms with van der Waals surface area (Å²) in [6.45, 7) is 1.87. The van der Waals surface area contributed by atoms with Crippen molar-refractivity contribution in [2.75, 3.05) is 6.54 Å². The summed E-state index contributed by atoms with van der Waals surface area (Å²) in [6.07, 6.45) is 8.76. The number of fused-ring (bicyclic) bond motifs is 1. The minimum Gasteiger partial charge on any atom is -0.464 e. The Morgan fingerprint density at radius 1 is 1.00 bits per heavy atom. The summed E-state index contributed by atoms with van der Waals surface area (Å²) in [5.41, 5.74) is 6.13. The van der Waals surface area contributed by atoms with Gasteiger partial charge in [0.05, 0.1) is 6.26 Å². The maximum Gasteiger partial charge on any atom is 0.138 e. The van der Waals surface area contributed by atoms with Gasteiger partial charge in [0.15, 0.2) is 0 Å². The van der Waals surface area contributed by atoms with Crippen LogP contribution in [0.4, 0.5) is 0 Å². The molecule has 5 rings (SSSR count). The molecule has 0 radical (unpaired) electrons. The number of furan rings is 1. The van der Waals surface area contributed by atoms with E-state index in [4.69, 9.17) is 4.42 Å². The molecule has 2 aromatic carbocycles. The summed E-state index contributed by atoms with van der Waals surface area (Å²) in [4.78, 5) is 4.13. The molecule has 4 nitrogen and oxygen atoms in total. The van der Waals surface area contributed by atoms with Crippen LogP contribution >= 0.6 is 0 Å². The van der Waals surface area contributed by atoms with Crippen molar-refractivity contribution in [3.05, 3.63) is 102 Å². The van der Waals surface area contributed by atoms with Gasteiger partial charge in [-0.2, -0.15) is 0 Å². The highest BCUT2D eigenvalue weighted by atomic mass is 16.3. The molecule has 1 fully saturated rings. The molecule has 152 valence electrons. The molecule has 1 aliphatic rings. The zero-order chi connectivity index (χ0) is 20.2. The molecule has 2 atom stereocenters. The van der Waals surface area contributed by atoms with Crippen molar-refractivity contribution in [2.24, 2.45) is 0 Å². The Bertz CT molecular complexity index is 1090. The molecule has 1 aliphatic heterocycles. The normalized spacial score (nSPS) is 19.2. The topological polar surface area (TPSA) is 50.1 Å². The second-order valence-electron chi connectivity index (χ2n) is 8.10. The van der Waals surface area contributed by atoms with E-state index in [1.165, 1.54) is 40.5 Å². The molecule has 0 aliphatic carbocycles. The largest absolute Gasteiger partial charge is 0.464 e. The molecule has 3 heterocycles. The van der Waals surface area contributed by atoms with Crippen molar-refractivity contribution in [3.63, 3.8) is 0 Å². The first-order valence-corrected chi connectivity index (χ1v) is 10.8. The van der Waals surface area contributed by atoms with Crippen molar-refractivity contribution in [1.82, 2.24) is 15.6 Å². The molecule has 0 amide bonds. The molecule has 0 bridgehead atoms. The number of hydrogen-bond acceptors (Lipinski definition) is 4. The highest BCUT2D eigenvalue weighted by Gasteiger charge is 2.25. The quantitative estimate of drug-likeness (QED) is 0.481. The fourth-order valence-electron chi connectivity index (χ4n) is 4.55. The smallest absolute Gasteiger partial charge is 0.138 e. The lowest BCUT2D eigenvalue weighted by Crippen LogP contribution is -2.45. The number of nitrogens with one attached hydrogen (secondary N) is 2. The van der Waals surface area contributed by atoms with Gasteiger partial charge in [0.1, 0.15) is 5.58 Å². The van der Waals surface area contributed by atoms with Gasteiger partial charge in [-0.05, 0) is 66.8 Å². The standard InChI is InChI=1S/C26H27N3O/c1-2-5-21(6-3-1)25-24(7-4-11-28-25)29-18-23-17-20(15-19-8-12-27-13-9-19)16-22-10-14-30-26(22)23/h1-3,5-6,8-10,12-14,16-17,24-25,28-29H,4,7,11,15,18H2/t24-,25-/m0/s1. The van der Waals surface area contributed by atoms with Crippen LogP contribution < -0.4 is 10.6 Å². The first-order chi connectivity index (χ1) is 14.9. The summed E-state index contributed by atoms with van der Waals surface area (Å²) in [6, 6.07) is 22.2. The van der Waals surface area contributed by atoms with Crippen molar-refractivity contribution >= 4 is 11.0 Å². The van der Waals surface area contributed by atoms with Gasteiger partial charge in [-0.3, -0.25) is 4.98 Å². The summed E-state index contributed by atoms with van der Waals surface area (Å²) in [5, 5.41) is 8.70. The van der Waals surface area contributed by atoms with Crippen LogP contribution in [0.2, 0.25) is 0 Å². The molecule has 30 heavy (non-hydrogen) atoms. The van der Waals surface area contributed by atoms with Gasteiger partial charge < -0.3 is 15.1 Å². The highest BCUT2D eigenvalue weighted by molar-refractivity contribution is 5.81. The Kier molecular flexibility index (Phi) is 5.60. The van der Waals surface area contributed by atoms with Gasteiger partial charge in [-0.15, -0.1) is 0 Å². The number of pyridine rings is 1. The second-order valence-corrected chi connectivity index (χ2v) is 8.10. The van der Waals surface area contributed by atoms with Crippen molar-refractivity contribution < 1.29 is 4.42 Å². The monoisotopic (exact) mass is 397 g/mol. The minimum absolute atomic E-state index is 0.340. The molecular formula is C26H27N3O. The first kappa shape index (κ1) is 19.0. The lowest BCUT2D eigenvalue weighted by atomic mass is 9.92. The number of aromatic nitrogens is 1. The van der Waals surface area contributed by atoms with Gasteiger partial charge >= 0.3 is 0 Å². The van der Waals surface area contributed by atoms with E-state index in [0.29, 0.717) is 12.1 Å². The molecule has 4 heteroatoms. The van der Waals surface area contributed by atoms with Gasteiger partial charge in [0.2, 0.25) is 0 Å². The van der Waals surface area contributed by atoms with Crippen LogP contribution in [0, 0.1) is 0 Å². The van der Waals surface area contributed by atoms with E-state index >= 15 is 0 Å². The molecule has 0 saturated carbocycles. The summed E-state index contributed by atoms with van der Waals surface area (Å²) < 4.78 is 5.84. The molecule has 2 aromatic heterocycles. The third kappa shape index (κ3) is 4.16. The Balaban J connectivity index is 1.37. The van der Waals surface area contributed by atoms with Crippen LogP contribution in [0.1, 0.15) is 41.1 Å². The van der Waals surface area contributed by atoms with E-state index in [1.807, 2.05) is 12.4 Å². The van der Waals surface area contributed by atoms with Crippen molar-refractivity contribution in [1.29, 1.82) is 0 Å². The number of benzene rings is 2. The Labute approximate surface area is 177 Å². The fourth-order valence-corrected chi connectivity index (χ4v) is 4.55. The summed E-state index contributed by atoms with van der Waals surface area (Å²) >= 11 is 0. The maximum atomic E-state index is 5.84. The van der Waals surface area contributed by atoms with E-state index in [0.717, 1.165) is 25.1 Å². The van der Waals surface area contributed by atoms with Gasteiger partial charge in [-0.1, -0.05) is 36.4 Å². The van der Waals surface area contributed by atoms with Gasteiger partial charge in [0.25, 0.3) is 0 Å². The molecule has 0 spiro atoms. The van der Waals surface area contributed by atoms with Crippen LogP contribution in [0.25, 0.3) is 11.0 Å². The minimum atomic E-state index is 0.340. The van der Waals surface area contributed by atoms with Crippen LogP contribution in [-0.2, 0) is 13.0 Å². The highest BCUT2D eigenvalue weighted by Crippen LogP contribution is 2.27. The molecular weight excluding hydrogens is 370 g/mol. The average Bonchev–Trinajstić information content (AvgIpc) is 3.28. The van der Waals surface area contributed by atoms with Crippen molar-refractivity contribution in [2.45, 2.75) is 37.9 Å². The zero-order valence-corrected chi connectivity index (χ0v) is 17.1. The van der Waals surface area contributed by atoms with E-state index < -0.39 is 0 Å². The van der Waals surface area contributed by atoms with E-state index in [2.05, 4.69) is 76.3 Å².